The first-order valence-electron chi connectivity index (χ1n) is 5.90. The van der Waals surface area contributed by atoms with Gasteiger partial charge in [0.1, 0.15) is 10.4 Å². The van der Waals surface area contributed by atoms with E-state index in [1.54, 1.807) is 6.92 Å². The summed E-state index contributed by atoms with van der Waals surface area (Å²) in [7, 11) is 0. The number of hydrogen-bond donors (Lipinski definition) is 2. The lowest BCUT2D eigenvalue weighted by atomic mass is 9.81. The first-order chi connectivity index (χ1) is 8.55. The van der Waals surface area contributed by atoms with Crippen LogP contribution in [0.3, 0.4) is 0 Å². The summed E-state index contributed by atoms with van der Waals surface area (Å²) in [5.41, 5.74) is -0.583. The molecule has 1 aliphatic rings. The molecule has 0 atom stereocenters. The number of carbonyl (C=O) groups excluding carboxylic acids is 1. The molecule has 18 heavy (non-hydrogen) atoms. The Morgan fingerprint density at radius 3 is 2.50 bits per heavy atom. The van der Waals surface area contributed by atoms with Crippen LogP contribution in [-0.2, 0) is 4.79 Å². The van der Waals surface area contributed by atoms with Crippen molar-refractivity contribution in [3.8, 4) is 0 Å². The number of aryl methyl sites for hydroxylation is 1. The molecule has 1 saturated carbocycles. The summed E-state index contributed by atoms with van der Waals surface area (Å²) in [6.07, 6.45) is 3.64. The number of hydrogen-bond acceptors (Lipinski definition) is 5. The maximum Gasteiger partial charge on any atom is 0.329 e. The van der Waals surface area contributed by atoms with E-state index in [9.17, 15) is 14.7 Å². The average Bonchev–Trinajstić information content (AvgIpc) is 2.76. The number of carboxylic acid groups (broad SMARTS) is 1. The van der Waals surface area contributed by atoms with Crippen molar-refractivity contribution in [1.29, 1.82) is 0 Å². The van der Waals surface area contributed by atoms with E-state index in [0.717, 1.165) is 30.8 Å². The van der Waals surface area contributed by atoms with Crippen LogP contribution in [-0.4, -0.2) is 32.1 Å². The molecule has 0 aliphatic heterocycles. The van der Waals surface area contributed by atoms with Crippen LogP contribution in [0.5, 0.6) is 0 Å². The molecule has 0 unspecified atom stereocenters. The summed E-state index contributed by atoms with van der Waals surface area (Å²) in [6, 6.07) is 0. The minimum Gasteiger partial charge on any atom is -0.480 e. The molecule has 6 nitrogen and oxygen atoms in total. The summed E-state index contributed by atoms with van der Waals surface area (Å²) >= 11 is 0.991. The van der Waals surface area contributed by atoms with Gasteiger partial charge < -0.3 is 10.4 Å². The number of aromatic nitrogens is 2. The summed E-state index contributed by atoms with van der Waals surface area (Å²) in [5.74, 6) is -1.34. The highest BCUT2D eigenvalue weighted by molar-refractivity contribution is 7.08. The Kier molecular flexibility index (Phi) is 3.60. The molecule has 1 amide bonds. The zero-order chi connectivity index (χ0) is 13.2. The second-order valence-corrected chi connectivity index (χ2v) is 5.34. The number of amides is 1. The van der Waals surface area contributed by atoms with Gasteiger partial charge in [0.05, 0.1) is 5.69 Å². The van der Waals surface area contributed by atoms with Crippen LogP contribution in [0.4, 0.5) is 0 Å². The molecule has 1 aromatic rings. The first-order valence-corrected chi connectivity index (χ1v) is 6.67. The van der Waals surface area contributed by atoms with Crippen LogP contribution < -0.4 is 5.32 Å². The number of carboxylic acids is 1. The largest absolute Gasteiger partial charge is 0.480 e. The van der Waals surface area contributed by atoms with Gasteiger partial charge in [0.25, 0.3) is 5.91 Å². The molecule has 2 N–H and O–H groups in total. The van der Waals surface area contributed by atoms with Crippen molar-refractivity contribution in [2.75, 3.05) is 0 Å². The van der Waals surface area contributed by atoms with Crippen LogP contribution in [0, 0.1) is 6.92 Å². The first kappa shape index (κ1) is 12.9. The summed E-state index contributed by atoms with van der Waals surface area (Å²) in [4.78, 5) is 23.9. The number of rotatable bonds is 3. The Morgan fingerprint density at radius 1 is 1.33 bits per heavy atom. The van der Waals surface area contributed by atoms with Gasteiger partial charge in [-0.05, 0) is 31.3 Å². The maximum atomic E-state index is 12.1. The molecule has 0 spiro atoms. The van der Waals surface area contributed by atoms with Crippen LogP contribution in [0.1, 0.15) is 47.5 Å². The van der Waals surface area contributed by atoms with Crippen molar-refractivity contribution < 1.29 is 14.7 Å². The zero-order valence-corrected chi connectivity index (χ0v) is 10.9. The molecule has 2 rings (SSSR count). The Hall–Kier alpha value is -1.50. The highest BCUT2D eigenvalue weighted by atomic mass is 32.1. The monoisotopic (exact) mass is 269 g/mol. The smallest absolute Gasteiger partial charge is 0.329 e. The quantitative estimate of drug-likeness (QED) is 0.864. The van der Waals surface area contributed by atoms with Gasteiger partial charge in [0.15, 0.2) is 0 Å². The molecule has 1 heterocycles. The molecule has 1 aliphatic carbocycles. The van der Waals surface area contributed by atoms with Crippen LogP contribution in [0.25, 0.3) is 0 Å². The average molecular weight is 269 g/mol. The SMILES string of the molecule is Cc1nnsc1C(=O)NC1(C(=O)O)CCCCC1. The van der Waals surface area contributed by atoms with Gasteiger partial charge in [0, 0.05) is 0 Å². The van der Waals surface area contributed by atoms with E-state index in [2.05, 4.69) is 14.9 Å². The van der Waals surface area contributed by atoms with Crippen molar-refractivity contribution in [2.24, 2.45) is 0 Å². The van der Waals surface area contributed by atoms with Gasteiger partial charge in [-0.15, -0.1) is 5.10 Å². The molecule has 0 bridgehead atoms. The van der Waals surface area contributed by atoms with Gasteiger partial charge in [-0.25, -0.2) is 4.79 Å². The lowest BCUT2D eigenvalue weighted by molar-refractivity contribution is -0.145. The van der Waals surface area contributed by atoms with E-state index in [1.807, 2.05) is 0 Å². The van der Waals surface area contributed by atoms with Crippen molar-refractivity contribution in [2.45, 2.75) is 44.6 Å². The number of aliphatic carboxylic acids is 1. The van der Waals surface area contributed by atoms with E-state index in [-0.39, 0.29) is 5.91 Å². The summed E-state index contributed by atoms with van der Waals surface area (Å²) < 4.78 is 3.69. The van der Waals surface area contributed by atoms with Crippen LogP contribution in [0.2, 0.25) is 0 Å². The fourth-order valence-electron chi connectivity index (χ4n) is 2.26. The molecule has 7 heteroatoms. The van der Waals surface area contributed by atoms with Gasteiger partial charge >= 0.3 is 5.97 Å². The minimum absolute atomic E-state index is 0.383. The third-order valence-electron chi connectivity index (χ3n) is 3.33. The number of nitrogens with one attached hydrogen (secondary N) is 1. The minimum atomic E-state index is -1.12. The Bertz CT molecular complexity index is 466. The Labute approximate surface area is 109 Å². The number of nitrogens with zero attached hydrogens (tertiary/aromatic N) is 2. The lowest BCUT2D eigenvalue weighted by Gasteiger charge is -2.33. The van der Waals surface area contributed by atoms with Crippen LogP contribution >= 0.6 is 11.5 Å². The number of carbonyl (C=O) groups is 2. The van der Waals surface area contributed by atoms with Crippen molar-refractivity contribution in [1.82, 2.24) is 14.9 Å². The molecule has 0 saturated heterocycles. The lowest BCUT2D eigenvalue weighted by Crippen LogP contribution is -2.55. The van der Waals surface area contributed by atoms with Gasteiger partial charge in [-0.3, -0.25) is 4.79 Å². The Morgan fingerprint density at radius 2 is 2.00 bits per heavy atom. The normalized spacial score (nSPS) is 18.3. The standard InChI is InChI=1S/C11H15N3O3S/c1-7-8(18-14-13-7)9(15)12-11(10(16)17)5-3-2-4-6-11/h2-6H2,1H3,(H,12,15)(H,16,17). The van der Waals surface area contributed by atoms with Gasteiger partial charge in [-0.2, -0.15) is 0 Å². The Balaban J connectivity index is 2.17. The fourth-order valence-corrected chi connectivity index (χ4v) is 2.81. The predicted molar refractivity (Wildman–Crippen MR) is 65.6 cm³/mol. The molecule has 1 aromatic heterocycles. The highest BCUT2D eigenvalue weighted by Gasteiger charge is 2.41. The van der Waals surface area contributed by atoms with E-state index in [4.69, 9.17) is 0 Å². The predicted octanol–water partition coefficient (Wildman–Crippen LogP) is 1.36. The van der Waals surface area contributed by atoms with Gasteiger partial charge in [-0.1, -0.05) is 23.8 Å². The summed E-state index contributed by atoms with van der Waals surface area (Å²) in [6.45, 7) is 1.69. The highest BCUT2D eigenvalue weighted by Crippen LogP contribution is 2.29. The third-order valence-corrected chi connectivity index (χ3v) is 4.15. The van der Waals surface area contributed by atoms with E-state index in [0.29, 0.717) is 23.4 Å². The zero-order valence-electron chi connectivity index (χ0n) is 10.1. The van der Waals surface area contributed by atoms with Gasteiger partial charge in [0.2, 0.25) is 0 Å². The van der Waals surface area contributed by atoms with E-state index < -0.39 is 11.5 Å². The molecule has 0 radical (unpaired) electrons. The second-order valence-electron chi connectivity index (χ2n) is 4.59. The molecular weight excluding hydrogens is 254 g/mol. The topological polar surface area (TPSA) is 92.2 Å². The maximum absolute atomic E-state index is 12.1. The molecular formula is C11H15N3O3S. The molecule has 1 fully saturated rings. The van der Waals surface area contributed by atoms with Crippen molar-refractivity contribution >= 4 is 23.4 Å². The van der Waals surface area contributed by atoms with E-state index >= 15 is 0 Å². The summed E-state index contributed by atoms with van der Waals surface area (Å²) in [5, 5.41) is 15.8. The third kappa shape index (κ3) is 2.35. The fraction of sp³-hybridized carbons (Fsp3) is 0.636. The van der Waals surface area contributed by atoms with Crippen LogP contribution in [0.15, 0.2) is 0 Å². The second kappa shape index (κ2) is 5.01. The van der Waals surface area contributed by atoms with Crippen molar-refractivity contribution in [3.63, 3.8) is 0 Å². The molecule has 98 valence electrons. The van der Waals surface area contributed by atoms with E-state index in [1.165, 1.54) is 0 Å². The molecule has 0 aromatic carbocycles. The van der Waals surface area contributed by atoms with Crippen molar-refractivity contribution in [3.05, 3.63) is 10.6 Å².